The fourth-order valence-electron chi connectivity index (χ4n) is 4.01. The number of esters is 2. The zero-order valence-electron chi connectivity index (χ0n) is 17.9. The van der Waals surface area contributed by atoms with E-state index in [9.17, 15) is 14.0 Å². The first-order chi connectivity index (χ1) is 16.5. The third-order valence-electron chi connectivity index (χ3n) is 5.83. The van der Waals surface area contributed by atoms with Gasteiger partial charge >= 0.3 is 11.9 Å². The Morgan fingerprint density at radius 3 is 1.91 bits per heavy atom. The van der Waals surface area contributed by atoms with Gasteiger partial charge in [0, 0.05) is 0 Å². The highest BCUT2D eigenvalue weighted by atomic mass is 79.9. The van der Waals surface area contributed by atoms with Crippen LogP contribution in [0.1, 0.15) is 20.7 Å². The van der Waals surface area contributed by atoms with Gasteiger partial charge in [0.15, 0.2) is 12.3 Å². The number of fused-ring (bicyclic) bond motifs is 2. The number of carbonyl (C=O) groups excluding carboxylic acids is 2. The van der Waals surface area contributed by atoms with Gasteiger partial charge in [0.2, 0.25) is 0 Å². The van der Waals surface area contributed by atoms with Gasteiger partial charge in [-0.05, 0) is 45.8 Å². The number of rotatable bonds is 5. The van der Waals surface area contributed by atoms with Crippen LogP contribution in [-0.4, -0.2) is 40.2 Å². The van der Waals surface area contributed by atoms with Crippen molar-refractivity contribution in [2.24, 2.45) is 0 Å². The molecule has 1 fully saturated rings. The summed E-state index contributed by atoms with van der Waals surface area (Å²) in [5, 5.41) is 3.31. The summed E-state index contributed by atoms with van der Waals surface area (Å²) >= 11 is 4.55. The predicted octanol–water partition coefficient (Wildman–Crippen LogP) is 6.55. The van der Waals surface area contributed by atoms with Crippen molar-refractivity contribution < 1.29 is 23.5 Å². The minimum absolute atomic E-state index is 0.0749. The number of ether oxygens (including phenoxy) is 2. The van der Waals surface area contributed by atoms with Crippen LogP contribution in [-0.2, 0) is 9.47 Å². The van der Waals surface area contributed by atoms with Crippen molar-refractivity contribution in [3.05, 3.63) is 96.1 Å². The number of carbonyl (C=O) groups is 2. The Bertz CT molecular complexity index is 1380. The predicted molar refractivity (Wildman–Crippen MR) is 136 cm³/mol. The molecule has 0 unspecified atom stereocenters. The molecule has 5 rings (SSSR count). The highest BCUT2D eigenvalue weighted by Gasteiger charge is 2.46. The molecular formula is C27H20BrFO4S. The van der Waals surface area contributed by atoms with Gasteiger partial charge in [-0.1, -0.05) is 76.6 Å². The first-order valence-electron chi connectivity index (χ1n) is 10.8. The molecule has 1 aliphatic rings. The molecule has 0 bridgehead atoms. The highest BCUT2D eigenvalue weighted by molar-refractivity contribution is 9.11. The standard InChI is InChI=1S/C27H20BrFO4S/c28-25-23(29)24(33-27(31)21-12-10-17-6-2-4-8-19(17)14-21)22(34-25)15-32-26(30)20-11-9-16-5-1-3-7-18(16)13-20/h1-14,22-25H,15H2/t22-,23+,24-,25+/m1/s1. The lowest BCUT2D eigenvalue weighted by atomic mass is 10.1. The molecule has 4 atom stereocenters. The molecule has 4 aromatic carbocycles. The Morgan fingerprint density at radius 2 is 1.32 bits per heavy atom. The van der Waals surface area contributed by atoms with Crippen LogP contribution in [0.4, 0.5) is 4.39 Å². The quantitative estimate of drug-likeness (QED) is 0.213. The molecule has 1 aliphatic heterocycles. The van der Waals surface area contributed by atoms with Crippen molar-refractivity contribution in [1.82, 2.24) is 0 Å². The Balaban J connectivity index is 1.27. The van der Waals surface area contributed by atoms with E-state index in [2.05, 4.69) is 15.9 Å². The van der Waals surface area contributed by atoms with E-state index in [1.807, 2.05) is 60.7 Å². The average molecular weight is 539 g/mol. The van der Waals surface area contributed by atoms with Crippen LogP contribution < -0.4 is 0 Å². The summed E-state index contributed by atoms with van der Waals surface area (Å²) in [7, 11) is 0. The second kappa shape index (κ2) is 9.76. The second-order valence-electron chi connectivity index (χ2n) is 8.06. The topological polar surface area (TPSA) is 52.6 Å². The summed E-state index contributed by atoms with van der Waals surface area (Å²) in [6, 6.07) is 25.9. The molecule has 4 aromatic rings. The maximum absolute atomic E-state index is 14.9. The van der Waals surface area contributed by atoms with Crippen molar-refractivity contribution in [2.75, 3.05) is 6.61 Å². The van der Waals surface area contributed by atoms with Gasteiger partial charge < -0.3 is 9.47 Å². The van der Waals surface area contributed by atoms with Crippen LogP contribution in [0.15, 0.2) is 84.9 Å². The van der Waals surface area contributed by atoms with Crippen molar-refractivity contribution in [1.29, 1.82) is 0 Å². The van der Waals surface area contributed by atoms with Gasteiger partial charge in [-0.3, -0.25) is 0 Å². The van der Waals surface area contributed by atoms with E-state index in [0.29, 0.717) is 11.1 Å². The monoisotopic (exact) mass is 538 g/mol. The largest absolute Gasteiger partial charge is 0.461 e. The van der Waals surface area contributed by atoms with Gasteiger partial charge in [0.25, 0.3) is 0 Å². The fraction of sp³-hybridized carbons (Fsp3) is 0.185. The van der Waals surface area contributed by atoms with E-state index < -0.39 is 33.6 Å². The second-order valence-corrected chi connectivity index (χ2v) is 11.0. The number of hydrogen-bond donors (Lipinski definition) is 0. The van der Waals surface area contributed by atoms with Gasteiger partial charge in [0.1, 0.15) is 6.61 Å². The van der Waals surface area contributed by atoms with Crippen molar-refractivity contribution >= 4 is 61.2 Å². The minimum Gasteiger partial charge on any atom is -0.461 e. The lowest BCUT2D eigenvalue weighted by Gasteiger charge is -2.20. The summed E-state index contributed by atoms with van der Waals surface area (Å²) < 4.78 is 25.4. The van der Waals surface area contributed by atoms with Gasteiger partial charge in [0.05, 0.1) is 20.5 Å². The molecule has 0 radical (unpaired) electrons. The molecule has 0 spiro atoms. The van der Waals surface area contributed by atoms with E-state index >= 15 is 0 Å². The fourth-order valence-corrected chi connectivity index (χ4v) is 6.29. The van der Waals surface area contributed by atoms with Crippen LogP contribution in [0.5, 0.6) is 0 Å². The van der Waals surface area contributed by atoms with Crippen LogP contribution in [0.3, 0.4) is 0 Å². The summed E-state index contributed by atoms with van der Waals surface area (Å²) in [6.45, 7) is -0.0749. The number of alkyl halides is 2. The first kappa shape index (κ1) is 22.9. The normalized spacial score (nSPS) is 22.1. The van der Waals surface area contributed by atoms with Crippen molar-refractivity contribution in [2.45, 2.75) is 21.7 Å². The lowest BCUT2D eigenvalue weighted by molar-refractivity contribution is 0.00406. The Kier molecular flexibility index (Phi) is 6.57. The summed E-state index contributed by atoms with van der Waals surface area (Å²) in [5.41, 5.74) is 0.763. The summed E-state index contributed by atoms with van der Waals surface area (Å²) in [4.78, 5) is 25.4. The maximum Gasteiger partial charge on any atom is 0.338 e. The summed E-state index contributed by atoms with van der Waals surface area (Å²) in [5.74, 6) is -1.11. The number of thioether (sulfide) groups is 1. The molecule has 0 N–H and O–H groups in total. The molecule has 0 amide bonds. The van der Waals surface area contributed by atoms with Crippen LogP contribution in [0, 0.1) is 0 Å². The molecule has 0 aromatic heterocycles. The smallest absolute Gasteiger partial charge is 0.338 e. The zero-order valence-corrected chi connectivity index (χ0v) is 20.3. The molecule has 0 saturated carbocycles. The van der Waals surface area contributed by atoms with Gasteiger partial charge in [-0.25, -0.2) is 14.0 Å². The third kappa shape index (κ3) is 4.68. The Morgan fingerprint density at radius 1 is 0.794 bits per heavy atom. The molecule has 1 saturated heterocycles. The average Bonchev–Trinajstić information content (AvgIpc) is 3.14. The number of halogens is 2. The third-order valence-corrected chi connectivity index (χ3v) is 8.25. The molecule has 0 aliphatic carbocycles. The first-order valence-corrected chi connectivity index (χ1v) is 12.6. The van der Waals surface area contributed by atoms with Crippen LogP contribution in [0.2, 0.25) is 0 Å². The molecule has 7 heteroatoms. The van der Waals surface area contributed by atoms with E-state index in [1.165, 1.54) is 11.8 Å². The van der Waals surface area contributed by atoms with Crippen molar-refractivity contribution in [3.63, 3.8) is 0 Å². The Labute approximate surface area is 208 Å². The minimum atomic E-state index is -1.43. The van der Waals surface area contributed by atoms with Crippen LogP contribution >= 0.6 is 27.7 Å². The van der Waals surface area contributed by atoms with Crippen LogP contribution in [0.25, 0.3) is 21.5 Å². The molecule has 1 heterocycles. The summed E-state index contributed by atoms with van der Waals surface area (Å²) in [6.07, 6.45) is -2.48. The highest BCUT2D eigenvalue weighted by Crippen LogP contribution is 2.42. The Hall–Kier alpha value is -2.90. The van der Waals surface area contributed by atoms with E-state index in [4.69, 9.17) is 9.47 Å². The number of hydrogen-bond acceptors (Lipinski definition) is 5. The van der Waals surface area contributed by atoms with E-state index in [-0.39, 0.29) is 6.61 Å². The maximum atomic E-state index is 14.9. The lowest BCUT2D eigenvalue weighted by Crippen LogP contribution is -2.36. The van der Waals surface area contributed by atoms with E-state index in [0.717, 1.165) is 21.5 Å². The van der Waals surface area contributed by atoms with Gasteiger partial charge in [-0.15, -0.1) is 11.8 Å². The van der Waals surface area contributed by atoms with E-state index in [1.54, 1.807) is 24.3 Å². The molecule has 172 valence electrons. The SMILES string of the molecule is O=C(OC[C@H]1S[C@H](Br)[C@@H](F)[C@@H]1OC(=O)c1ccc2ccccc2c1)c1ccc2ccccc2c1. The van der Waals surface area contributed by atoms with Crippen molar-refractivity contribution in [3.8, 4) is 0 Å². The molecular weight excluding hydrogens is 519 g/mol. The molecule has 4 nitrogen and oxygen atoms in total. The van der Waals surface area contributed by atoms with Gasteiger partial charge in [-0.2, -0.15) is 0 Å². The molecule has 34 heavy (non-hydrogen) atoms. The number of benzene rings is 4. The zero-order chi connectivity index (χ0) is 23.7.